The first kappa shape index (κ1) is 17.6. The maximum absolute atomic E-state index is 8.75. The van der Waals surface area contributed by atoms with E-state index in [0.29, 0.717) is 6.42 Å². The molecule has 0 bridgehead atoms. The van der Waals surface area contributed by atoms with Gasteiger partial charge in [-0.1, -0.05) is 36.4 Å². The molecule has 4 heteroatoms. The number of ether oxygens (including phenoxy) is 1. The van der Waals surface area contributed by atoms with Crippen LogP contribution in [0.2, 0.25) is 0 Å². The van der Waals surface area contributed by atoms with Crippen LogP contribution in [0.1, 0.15) is 17.0 Å². The van der Waals surface area contributed by atoms with E-state index in [1.165, 1.54) is 11.6 Å². The number of hydrogen-bond donors (Lipinski definition) is 1. The summed E-state index contributed by atoms with van der Waals surface area (Å²) >= 11 is 0. The molecule has 0 spiro atoms. The normalized spacial score (nSPS) is 11.0. The zero-order valence-corrected chi connectivity index (χ0v) is 15.5. The van der Waals surface area contributed by atoms with Crippen LogP contribution in [-0.2, 0) is 6.42 Å². The van der Waals surface area contributed by atoms with Crippen molar-refractivity contribution in [3.63, 3.8) is 0 Å². The first-order valence-corrected chi connectivity index (χ1v) is 9.04. The number of methoxy groups -OCH3 is 1. The molecule has 0 atom stereocenters. The SMILES string of the molecule is COc1ccc2c(Cc3cccc(/C=C/C#N)n3)c(-c3ccccc3)[nH]c2c1. The molecule has 0 saturated heterocycles. The fraction of sp³-hybridized carbons (Fsp3) is 0.0833. The molecule has 4 rings (SSSR count). The Morgan fingerprint density at radius 3 is 2.71 bits per heavy atom. The molecule has 136 valence electrons. The standard InChI is InChI=1S/C24H19N3O/c1-28-20-12-13-21-22(15-19-10-5-9-18(26-19)11-6-14-25)24(27-23(21)16-20)17-7-3-2-4-8-17/h2-13,16,27H,15H2,1H3/b11-6+. The Morgan fingerprint density at radius 2 is 1.93 bits per heavy atom. The molecule has 2 aromatic heterocycles. The number of fused-ring (bicyclic) bond motifs is 1. The van der Waals surface area contributed by atoms with Gasteiger partial charge in [0.25, 0.3) is 0 Å². The Labute approximate surface area is 163 Å². The Bertz CT molecular complexity index is 1180. The summed E-state index contributed by atoms with van der Waals surface area (Å²) in [5.41, 5.74) is 6.18. The second-order valence-corrected chi connectivity index (χ2v) is 6.45. The first-order valence-electron chi connectivity index (χ1n) is 9.04. The van der Waals surface area contributed by atoms with Crippen molar-refractivity contribution >= 4 is 17.0 Å². The van der Waals surface area contributed by atoms with Crippen molar-refractivity contribution < 1.29 is 4.74 Å². The van der Waals surface area contributed by atoms with Gasteiger partial charge < -0.3 is 9.72 Å². The Hall–Kier alpha value is -3.84. The van der Waals surface area contributed by atoms with E-state index < -0.39 is 0 Å². The Morgan fingerprint density at radius 1 is 1.07 bits per heavy atom. The number of hydrogen-bond acceptors (Lipinski definition) is 3. The third-order valence-corrected chi connectivity index (χ3v) is 4.69. The number of aromatic amines is 1. The lowest BCUT2D eigenvalue weighted by atomic mass is 10.0. The van der Waals surface area contributed by atoms with Gasteiger partial charge in [-0.25, -0.2) is 0 Å². The summed E-state index contributed by atoms with van der Waals surface area (Å²) in [7, 11) is 1.67. The minimum atomic E-state index is 0.685. The van der Waals surface area contributed by atoms with Crippen LogP contribution in [0.25, 0.3) is 28.2 Å². The van der Waals surface area contributed by atoms with Gasteiger partial charge in [0.2, 0.25) is 0 Å². The second-order valence-electron chi connectivity index (χ2n) is 6.45. The van der Waals surface area contributed by atoms with Crippen molar-refractivity contribution in [3.05, 3.63) is 89.8 Å². The quantitative estimate of drug-likeness (QED) is 0.484. The molecule has 2 aromatic carbocycles. The van der Waals surface area contributed by atoms with Gasteiger partial charge >= 0.3 is 0 Å². The van der Waals surface area contributed by atoms with Crippen LogP contribution in [0.5, 0.6) is 5.75 Å². The van der Waals surface area contributed by atoms with Gasteiger partial charge in [-0.2, -0.15) is 5.26 Å². The number of pyridine rings is 1. The van der Waals surface area contributed by atoms with Crippen molar-refractivity contribution in [2.75, 3.05) is 7.11 Å². The zero-order valence-electron chi connectivity index (χ0n) is 15.5. The predicted octanol–water partition coefficient (Wildman–Crippen LogP) is 5.37. The average Bonchev–Trinajstić information content (AvgIpc) is 3.10. The molecule has 0 amide bonds. The lowest BCUT2D eigenvalue weighted by Crippen LogP contribution is -1.95. The summed E-state index contributed by atoms with van der Waals surface area (Å²) in [6.45, 7) is 0. The van der Waals surface area contributed by atoms with Crippen molar-refractivity contribution in [3.8, 4) is 23.1 Å². The van der Waals surface area contributed by atoms with E-state index in [4.69, 9.17) is 10.00 Å². The van der Waals surface area contributed by atoms with Crippen LogP contribution < -0.4 is 4.74 Å². The number of aromatic nitrogens is 2. The summed E-state index contributed by atoms with van der Waals surface area (Å²) in [4.78, 5) is 8.24. The van der Waals surface area contributed by atoms with Crippen LogP contribution in [0, 0.1) is 11.3 Å². The zero-order chi connectivity index (χ0) is 19.3. The Kier molecular flexibility index (Phi) is 4.90. The lowest BCUT2D eigenvalue weighted by molar-refractivity contribution is 0.415. The van der Waals surface area contributed by atoms with Gasteiger partial charge in [-0.05, 0) is 41.5 Å². The summed E-state index contributed by atoms with van der Waals surface area (Å²) in [5, 5.41) is 9.90. The summed E-state index contributed by atoms with van der Waals surface area (Å²) in [6.07, 6.45) is 3.85. The molecule has 28 heavy (non-hydrogen) atoms. The molecule has 1 N–H and O–H groups in total. The van der Waals surface area contributed by atoms with E-state index in [-0.39, 0.29) is 0 Å². The van der Waals surface area contributed by atoms with Crippen molar-refractivity contribution in [1.82, 2.24) is 9.97 Å². The van der Waals surface area contributed by atoms with Crippen LogP contribution in [-0.4, -0.2) is 17.1 Å². The molecule has 0 radical (unpaired) electrons. The lowest BCUT2D eigenvalue weighted by Gasteiger charge is -2.06. The van der Waals surface area contributed by atoms with Crippen molar-refractivity contribution in [2.45, 2.75) is 6.42 Å². The fourth-order valence-electron chi connectivity index (χ4n) is 3.39. The number of nitrogens with zero attached hydrogens (tertiary/aromatic N) is 2. The monoisotopic (exact) mass is 365 g/mol. The molecule has 0 aliphatic carbocycles. The van der Waals surface area contributed by atoms with Crippen molar-refractivity contribution in [1.29, 1.82) is 5.26 Å². The number of rotatable bonds is 5. The van der Waals surface area contributed by atoms with E-state index in [2.05, 4.69) is 28.2 Å². The number of nitrogens with one attached hydrogen (secondary N) is 1. The highest BCUT2D eigenvalue weighted by Crippen LogP contribution is 2.33. The predicted molar refractivity (Wildman–Crippen MR) is 112 cm³/mol. The molecular weight excluding hydrogens is 346 g/mol. The van der Waals surface area contributed by atoms with Gasteiger partial charge in [0.15, 0.2) is 0 Å². The molecule has 0 aliphatic heterocycles. The summed E-state index contributed by atoms with van der Waals surface area (Å²) in [6, 6.07) is 24.3. The summed E-state index contributed by atoms with van der Waals surface area (Å²) < 4.78 is 5.38. The van der Waals surface area contributed by atoms with Gasteiger partial charge in [0.1, 0.15) is 5.75 Å². The highest BCUT2D eigenvalue weighted by atomic mass is 16.5. The average molecular weight is 365 g/mol. The molecule has 0 fully saturated rings. The Balaban J connectivity index is 1.83. The highest BCUT2D eigenvalue weighted by Gasteiger charge is 2.15. The van der Waals surface area contributed by atoms with E-state index >= 15 is 0 Å². The second kappa shape index (κ2) is 7.81. The van der Waals surface area contributed by atoms with Gasteiger partial charge in [-0.3, -0.25) is 4.98 Å². The van der Waals surface area contributed by atoms with Crippen LogP contribution in [0.15, 0.2) is 72.8 Å². The largest absolute Gasteiger partial charge is 0.497 e. The van der Waals surface area contributed by atoms with Gasteiger partial charge in [-0.15, -0.1) is 0 Å². The number of H-pyrrole nitrogens is 1. The summed E-state index contributed by atoms with van der Waals surface area (Å²) in [5.74, 6) is 0.821. The molecule has 4 nitrogen and oxygen atoms in total. The topological polar surface area (TPSA) is 61.7 Å². The fourth-order valence-corrected chi connectivity index (χ4v) is 3.39. The van der Waals surface area contributed by atoms with Crippen LogP contribution in [0.3, 0.4) is 0 Å². The maximum Gasteiger partial charge on any atom is 0.120 e. The smallest absolute Gasteiger partial charge is 0.120 e. The molecule has 0 unspecified atom stereocenters. The van der Waals surface area contributed by atoms with Gasteiger partial charge in [0, 0.05) is 35.2 Å². The molecule has 0 aliphatic rings. The van der Waals surface area contributed by atoms with Gasteiger partial charge in [0.05, 0.1) is 24.6 Å². The molecule has 0 saturated carbocycles. The van der Waals surface area contributed by atoms with E-state index in [1.807, 2.05) is 54.6 Å². The molecule has 4 aromatic rings. The van der Waals surface area contributed by atoms with Crippen molar-refractivity contribution in [2.24, 2.45) is 0 Å². The van der Waals surface area contributed by atoms with E-state index in [9.17, 15) is 0 Å². The highest BCUT2D eigenvalue weighted by molar-refractivity contribution is 5.92. The first-order chi connectivity index (χ1) is 13.8. The third-order valence-electron chi connectivity index (χ3n) is 4.69. The molecule has 2 heterocycles. The third kappa shape index (κ3) is 3.51. The van der Waals surface area contributed by atoms with E-state index in [1.54, 1.807) is 13.2 Å². The minimum absolute atomic E-state index is 0.685. The minimum Gasteiger partial charge on any atom is -0.497 e. The number of allylic oxidation sites excluding steroid dienone is 1. The van der Waals surface area contributed by atoms with E-state index in [0.717, 1.165) is 39.3 Å². The number of nitriles is 1. The van der Waals surface area contributed by atoms with Crippen LogP contribution in [0.4, 0.5) is 0 Å². The maximum atomic E-state index is 8.75. The van der Waals surface area contributed by atoms with Crippen LogP contribution >= 0.6 is 0 Å². The number of benzene rings is 2. The molecular formula is C24H19N3O.